The first kappa shape index (κ1) is 22.1. The maximum absolute atomic E-state index is 13.6. The molecule has 1 aromatic heterocycles. The number of nitrogens with zero attached hydrogens (tertiary/aromatic N) is 2. The molecule has 3 aromatic carbocycles. The molecule has 0 aliphatic carbocycles. The molecule has 0 unspecified atom stereocenters. The topological polar surface area (TPSA) is 37.3 Å². The molecular weight excluding hydrogens is 463 g/mol. The van der Waals surface area contributed by atoms with E-state index in [1.54, 1.807) is 17.0 Å². The average molecular weight is 482 g/mol. The van der Waals surface area contributed by atoms with Crippen LogP contribution in [-0.2, 0) is 12.7 Å². The third-order valence-corrected chi connectivity index (χ3v) is 6.07. The van der Waals surface area contributed by atoms with E-state index in [2.05, 4.69) is 5.32 Å². The van der Waals surface area contributed by atoms with Gasteiger partial charge < -0.3 is 14.8 Å². The summed E-state index contributed by atoms with van der Waals surface area (Å²) in [5.74, 6) is 0. The Bertz CT molecular complexity index is 1370. The fraction of sp³-hybridized carbons (Fsp3) is 0.115. The number of carbonyl (C=O) groups excluding carboxylic acids is 1. The molecule has 0 saturated heterocycles. The third kappa shape index (κ3) is 4.15. The van der Waals surface area contributed by atoms with E-state index >= 15 is 0 Å². The molecule has 4 aromatic rings. The lowest BCUT2D eigenvalue weighted by Crippen LogP contribution is -2.38. The monoisotopic (exact) mass is 481 g/mol. The predicted octanol–water partition coefficient (Wildman–Crippen LogP) is 7.29. The van der Waals surface area contributed by atoms with Gasteiger partial charge in [-0.05, 0) is 59.7 Å². The fourth-order valence-corrected chi connectivity index (χ4v) is 4.53. The van der Waals surface area contributed by atoms with Crippen molar-refractivity contribution in [1.82, 2.24) is 9.47 Å². The number of fused-ring (bicyclic) bond motifs is 3. The number of alkyl halides is 3. The Balaban J connectivity index is 1.60. The van der Waals surface area contributed by atoms with Crippen molar-refractivity contribution in [1.29, 1.82) is 0 Å². The molecule has 5 rings (SSSR count). The van der Waals surface area contributed by atoms with Gasteiger partial charge in [0.2, 0.25) is 0 Å². The fourth-order valence-electron chi connectivity index (χ4n) is 4.34. The van der Waals surface area contributed by atoms with Gasteiger partial charge in [0.15, 0.2) is 0 Å². The highest BCUT2D eigenvalue weighted by molar-refractivity contribution is 6.30. The van der Waals surface area contributed by atoms with E-state index in [1.165, 1.54) is 12.1 Å². The van der Waals surface area contributed by atoms with Crippen LogP contribution in [-0.4, -0.2) is 15.5 Å². The molecule has 0 spiro atoms. The minimum atomic E-state index is -4.51. The smallest absolute Gasteiger partial charge is 0.318 e. The van der Waals surface area contributed by atoms with Crippen molar-refractivity contribution in [2.45, 2.75) is 18.8 Å². The SMILES string of the molecule is O=C(Nc1cccc(C(F)(F)F)c1)N1Cc2ccccc2-n2cccc2[C@@H]1c1cccc(Cl)c1. The van der Waals surface area contributed by atoms with Gasteiger partial charge in [-0.3, -0.25) is 0 Å². The first-order valence-electron chi connectivity index (χ1n) is 10.6. The number of anilines is 1. The molecule has 1 N–H and O–H groups in total. The van der Waals surface area contributed by atoms with Crippen molar-refractivity contribution >= 4 is 23.3 Å². The second-order valence-electron chi connectivity index (χ2n) is 8.03. The maximum atomic E-state index is 13.6. The second-order valence-corrected chi connectivity index (χ2v) is 8.46. The lowest BCUT2D eigenvalue weighted by atomic mass is 10.0. The number of urea groups is 1. The molecule has 1 aliphatic heterocycles. The van der Waals surface area contributed by atoms with Gasteiger partial charge >= 0.3 is 12.2 Å². The van der Waals surface area contributed by atoms with Gasteiger partial charge in [-0.25, -0.2) is 4.79 Å². The van der Waals surface area contributed by atoms with Crippen LogP contribution in [0.1, 0.15) is 28.4 Å². The Labute approximate surface area is 199 Å². The highest BCUT2D eigenvalue weighted by Gasteiger charge is 2.34. The number of hydrogen-bond donors (Lipinski definition) is 1. The van der Waals surface area contributed by atoms with Crippen molar-refractivity contribution in [2.24, 2.45) is 0 Å². The van der Waals surface area contributed by atoms with Crippen molar-refractivity contribution in [3.8, 4) is 5.69 Å². The molecule has 1 aliphatic rings. The van der Waals surface area contributed by atoms with Gasteiger partial charge in [0.05, 0.1) is 23.8 Å². The molecule has 0 bridgehead atoms. The quantitative estimate of drug-likeness (QED) is 0.321. The van der Waals surface area contributed by atoms with Crippen LogP contribution in [0.4, 0.5) is 23.7 Å². The molecule has 2 amide bonds. The molecular formula is C26H19ClF3N3O. The second kappa shape index (κ2) is 8.57. The largest absolute Gasteiger partial charge is 0.416 e. The zero-order chi connectivity index (χ0) is 23.9. The maximum Gasteiger partial charge on any atom is 0.416 e. The number of benzene rings is 3. The summed E-state index contributed by atoms with van der Waals surface area (Å²) < 4.78 is 41.6. The standard InChI is InChI=1S/C26H19ClF3N3O/c27-20-9-3-7-17(14-20)24-23-12-5-13-32(23)22-11-2-1-6-18(22)16-33(24)25(34)31-21-10-4-8-19(15-21)26(28,29)30/h1-15,24H,16H2,(H,31,34)/t24-/m0/s1. The number of rotatable bonds is 2. The number of para-hydroxylation sites is 1. The molecule has 0 saturated carbocycles. The summed E-state index contributed by atoms with van der Waals surface area (Å²) in [5, 5.41) is 3.19. The van der Waals surface area contributed by atoms with E-state index in [0.717, 1.165) is 34.6 Å². The summed E-state index contributed by atoms with van der Waals surface area (Å²) in [7, 11) is 0. The van der Waals surface area contributed by atoms with Gasteiger partial charge in [0.25, 0.3) is 0 Å². The first-order chi connectivity index (χ1) is 16.3. The zero-order valence-corrected chi connectivity index (χ0v) is 18.5. The number of carbonyl (C=O) groups is 1. The molecule has 0 fully saturated rings. The van der Waals surface area contributed by atoms with Gasteiger partial charge in [-0.1, -0.05) is 48.0 Å². The number of halogens is 4. The Hall–Kier alpha value is -3.71. The average Bonchev–Trinajstić information content (AvgIpc) is 3.23. The predicted molar refractivity (Wildman–Crippen MR) is 125 cm³/mol. The van der Waals surface area contributed by atoms with E-state index in [1.807, 2.05) is 59.3 Å². The first-order valence-corrected chi connectivity index (χ1v) is 10.9. The van der Waals surface area contributed by atoms with Crippen molar-refractivity contribution < 1.29 is 18.0 Å². The molecule has 4 nitrogen and oxygen atoms in total. The summed E-state index contributed by atoms with van der Waals surface area (Å²) >= 11 is 6.28. The van der Waals surface area contributed by atoms with Gasteiger partial charge in [0.1, 0.15) is 0 Å². The highest BCUT2D eigenvalue weighted by atomic mass is 35.5. The van der Waals surface area contributed by atoms with E-state index in [0.29, 0.717) is 5.02 Å². The van der Waals surface area contributed by atoms with Gasteiger partial charge in [-0.15, -0.1) is 0 Å². The minimum absolute atomic E-state index is 0.0672. The normalized spacial score (nSPS) is 15.3. The number of amides is 2. The van der Waals surface area contributed by atoms with E-state index in [-0.39, 0.29) is 12.2 Å². The van der Waals surface area contributed by atoms with Crippen LogP contribution in [0.5, 0.6) is 0 Å². The number of aromatic nitrogens is 1. The molecule has 2 heterocycles. The van der Waals surface area contributed by atoms with Gasteiger partial charge in [-0.2, -0.15) is 13.2 Å². The Morgan fingerprint density at radius 2 is 1.74 bits per heavy atom. The van der Waals surface area contributed by atoms with Crippen LogP contribution in [0, 0.1) is 0 Å². The van der Waals surface area contributed by atoms with E-state index in [9.17, 15) is 18.0 Å². The van der Waals surface area contributed by atoms with Crippen LogP contribution in [0.2, 0.25) is 5.02 Å². The lowest BCUT2D eigenvalue weighted by molar-refractivity contribution is -0.137. The van der Waals surface area contributed by atoms with E-state index in [4.69, 9.17) is 11.6 Å². The van der Waals surface area contributed by atoms with E-state index < -0.39 is 23.8 Å². The minimum Gasteiger partial charge on any atom is -0.318 e. The summed E-state index contributed by atoms with van der Waals surface area (Å²) in [5.41, 5.74) is 2.71. The zero-order valence-electron chi connectivity index (χ0n) is 17.8. The number of nitrogens with one attached hydrogen (secondary N) is 1. The highest BCUT2D eigenvalue weighted by Crippen LogP contribution is 2.38. The number of hydrogen-bond acceptors (Lipinski definition) is 1. The Morgan fingerprint density at radius 3 is 2.53 bits per heavy atom. The van der Waals surface area contributed by atoms with Crippen molar-refractivity contribution in [2.75, 3.05) is 5.32 Å². The van der Waals surface area contributed by atoms with Crippen LogP contribution >= 0.6 is 11.6 Å². The molecule has 1 atom stereocenters. The molecule has 0 radical (unpaired) electrons. The summed E-state index contributed by atoms with van der Waals surface area (Å²) in [6, 6.07) is 22.4. The summed E-state index contributed by atoms with van der Waals surface area (Å²) in [6.45, 7) is 0.250. The Kier molecular flexibility index (Phi) is 5.57. The third-order valence-electron chi connectivity index (χ3n) is 5.83. The molecule has 172 valence electrons. The van der Waals surface area contributed by atoms with Crippen molar-refractivity contribution in [3.05, 3.63) is 119 Å². The van der Waals surface area contributed by atoms with Crippen LogP contribution in [0.3, 0.4) is 0 Å². The van der Waals surface area contributed by atoms with Crippen LogP contribution < -0.4 is 5.32 Å². The molecule has 8 heteroatoms. The van der Waals surface area contributed by atoms with Crippen molar-refractivity contribution in [3.63, 3.8) is 0 Å². The van der Waals surface area contributed by atoms with Crippen LogP contribution in [0.25, 0.3) is 5.69 Å². The lowest BCUT2D eigenvalue weighted by Gasteiger charge is -2.31. The van der Waals surface area contributed by atoms with Crippen LogP contribution in [0.15, 0.2) is 91.1 Å². The van der Waals surface area contributed by atoms with Gasteiger partial charge in [0, 0.05) is 22.6 Å². The Morgan fingerprint density at radius 1 is 0.941 bits per heavy atom. The molecule has 34 heavy (non-hydrogen) atoms. The summed E-state index contributed by atoms with van der Waals surface area (Å²) in [4.78, 5) is 15.2. The summed E-state index contributed by atoms with van der Waals surface area (Å²) in [6.07, 6.45) is -2.58.